The minimum absolute atomic E-state index is 0.476. The molecule has 19 heavy (non-hydrogen) atoms. The quantitative estimate of drug-likeness (QED) is 0.894. The van der Waals surface area contributed by atoms with Crippen LogP contribution in [0.3, 0.4) is 0 Å². The van der Waals surface area contributed by atoms with Crippen molar-refractivity contribution in [2.24, 2.45) is 5.73 Å². The third-order valence-electron chi connectivity index (χ3n) is 3.89. The number of nitrogens with zero attached hydrogens (tertiary/aromatic N) is 2. The fourth-order valence-corrected chi connectivity index (χ4v) is 2.86. The van der Waals surface area contributed by atoms with Crippen molar-refractivity contribution in [3.05, 3.63) is 53.9 Å². The van der Waals surface area contributed by atoms with E-state index in [9.17, 15) is 0 Å². The number of hydrogen-bond donors (Lipinski definition) is 1. The summed E-state index contributed by atoms with van der Waals surface area (Å²) in [5, 5.41) is 0. The average molecular weight is 253 g/mol. The van der Waals surface area contributed by atoms with Crippen molar-refractivity contribution >= 4 is 11.4 Å². The highest BCUT2D eigenvalue weighted by molar-refractivity contribution is 5.70. The number of anilines is 2. The summed E-state index contributed by atoms with van der Waals surface area (Å²) in [7, 11) is 0. The van der Waals surface area contributed by atoms with Gasteiger partial charge in [0, 0.05) is 24.5 Å². The number of para-hydroxylation sites is 1. The van der Waals surface area contributed by atoms with Crippen LogP contribution in [0.1, 0.15) is 24.5 Å². The molecule has 1 atom stereocenters. The van der Waals surface area contributed by atoms with Gasteiger partial charge in [0.05, 0.1) is 11.9 Å². The van der Waals surface area contributed by atoms with Crippen LogP contribution in [0.5, 0.6) is 0 Å². The lowest BCUT2D eigenvalue weighted by Crippen LogP contribution is -2.34. The van der Waals surface area contributed by atoms with E-state index in [1.165, 1.54) is 11.3 Å². The van der Waals surface area contributed by atoms with Crippen molar-refractivity contribution in [2.45, 2.75) is 32.4 Å². The van der Waals surface area contributed by atoms with Crippen molar-refractivity contribution in [3.8, 4) is 0 Å². The zero-order chi connectivity index (χ0) is 13.2. The van der Waals surface area contributed by atoms with Crippen molar-refractivity contribution in [2.75, 3.05) is 4.90 Å². The van der Waals surface area contributed by atoms with Gasteiger partial charge >= 0.3 is 0 Å². The summed E-state index contributed by atoms with van der Waals surface area (Å²) in [4.78, 5) is 6.66. The van der Waals surface area contributed by atoms with Gasteiger partial charge in [-0.1, -0.05) is 18.2 Å². The summed E-state index contributed by atoms with van der Waals surface area (Å²) in [6, 6.07) is 11.1. The SMILES string of the molecule is CC1CCc2ccccc2N1c1cnccc1CN. The summed E-state index contributed by atoms with van der Waals surface area (Å²) < 4.78 is 0. The third kappa shape index (κ3) is 2.10. The predicted molar refractivity (Wildman–Crippen MR) is 78.5 cm³/mol. The Hall–Kier alpha value is -1.87. The van der Waals surface area contributed by atoms with Crippen LogP contribution in [0, 0.1) is 0 Å². The second kappa shape index (κ2) is 5.02. The van der Waals surface area contributed by atoms with Crippen LogP contribution in [0.25, 0.3) is 0 Å². The first-order valence-electron chi connectivity index (χ1n) is 6.81. The number of nitrogens with two attached hydrogens (primary N) is 1. The fraction of sp³-hybridized carbons (Fsp3) is 0.312. The van der Waals surface area contributed by atoms with Crippen molar-refractivity contribution in [3.63, 3.8) is 0 Å². The minimum Gasteiger partial charge on any atom is -0.337 e. The topological polar surface area (TPSA) is 42.2 Å². The maximum absolute atomic E-state index is 5.87. The molecule has 0 saturated heterocycles. The van der Waals surface area contributed by atoms with E-state index in [1.54, 1.807) is 0 Å². The number of rotatable bonds is 2. The van der Waals surface area contributed by atoms with Crippen LogP contribution in [0.15, 0.2) is 42.7 Å². The van der Waals surface area contributed by atoms with Crippen LogP contribution in [0.2, 0.25) is 0 Å². The Morgan fingerprint density at radius 2 is 2.11 bits per heavy atom. The van der Waals surface area contributed by atoms with Crippen LogP contribution in [-0.4, -0.2) is 11.0 Å². The monoisotopic (exact) mass is 253 g/mol. The molecule has 2 N–H and O–H groups in total. The van der Waals surface area contributed by atoms with Crippen LogP contribution in [-0.2, 0) is 13.0 Å². The molecular weight excluding hydrogens is 234 g/mol. The molecule has 0 amide bonds. The maximum atomic E-state index is 5.87. The molecule has 1 aliphatic heterocycles. The standard InChI is InChI=1S/C16H19N3/c1-12-6-7-13-4-2-3-5-15(13)19(12)16-11-18-9-8-14(16)10-17/h2-5,8-9,11-12H,6-7,10,17H2,1H3. The second-order valence-corrected chi connectivity index (χ2v) is 5.09. The zero-order valence-corrected chi connectivity index (χ0v) is 11.2. The van der Waals surface area contributed by atoms with Gasteiger partial charge in [-0.15, -0.1) is 0 Å². The molecule has 2 aromatic rings. The summed E-state index contributed by atoms with van der Waals surface area (Å²) in [5.41, 5.74) is 10.9. The lowest BCUT2D eigenvalue weighted by molar-refractivity contribution is 0.615. The van der Waals surface area contributed by atoms with E-state index in [1.807, 2.05) is 18.5 Å². The molecule has 1 unspecified atom stereocenters. The molecule has 3 nitrogen and oxygen atoms in total. The maximum Gasteiger partial charge on any atom is 0.0645 e. The largest absolute Gasteiger partial charge is 0.337 e. The van der Waals surface area contributed by atoms with Gasteiger partial charge in [0.1, 0.15) is 0 Å². The number of pyridine rings is 1. The van der Waals surface area contributed by atoms with Crippen molar-refractivity contribution < 1.29 is 0 Å². The van der Waals surface area contributed by atoms with E-state index in [2.05, 4.69) is 41.1 Å². The lowest BCUT2D eigenvalue weighted by atomic mass is 9.95. The molecule has 1 aliphatic rings. The molecule has 0 bridgehead atoms. The molecule has 1 aromatic carbocycles. The van der Waals surface area contributed by atoms with E-state index in [0.717, 1.165) is 24.1 Å². The van der Waals surface area contributed by atoms with Gasteiger partial charge in [-0.2, -0.15) is 0 Å². The molecule has 98 valence electrons. The van der Waals surface area contributed by atoms with Crippen LogP contribution < -0.4 is 10.6 Å². The molecular formula is C16H19N3. The highest BCUT2D eigenvalue weighted by Gasteiger charge is 2.25. The smallest absolute Gasteiger partial charge is 0.0645 e. The van der Waals surface area contributed by atoms with E-state index in [-0.39, 0.29) is 0 Å². The normalized spacial score (nSPS) is 18.2. The fourth-order valence-electron chi connectivity index (χ4n) is 2.86. The van der Waals surface area contributed by atoms with Gasteiger partial charge in [-0.05, 0) is 43.0 Å². The van der Waals surface area contributed by atoms with E-state index in [4.69, 9.17) is 5.73 Å². The molecule has 2 heterocycles. The van der Waals surface area contributed by atoms with Gasteiger partial charge < -0.3 is 10.6 Å². The molecule has 3 rings (SSSR count). The molecule has 0 aliphatic carbocycles. The Labute approximate surface area is 114 Å². The average Bonchev–Trinajstić information content (AvgIpc) is 2.47. The summed E-state index contributed by atoms with van der Waals surface area (Å²) in [6.07, 6.45) is 6.05. The molecule has 0 spiro atoms. The number of aryl methyl sites for hydroxylation is 1. The van der Waals surface area contributed by atoms with Crippen molar-refractivity contribution in [1.82, 2.24) is 4.98 Å². The van der Waals surface area contributed by atoms with Gasteiger partial charge in [-0.3, -0.25) is 4.98 Å². The second-order valence-electron chi connectivity index (χ2n) is 5.09. The first kappa shape index (κ1) is 12.2. The zero-order valence-electron chi connectivity index (χ0n) is 11.2. The summed E-state index contributed by atoms with van der Waals surface area (Å²) in [6.45, 7) is 2.81. The number of benzene rings is 1. The molecule has 0 radical (unpaired) electrons. The molecule has 0 fully saturated rings. The first-order valence-corrected chi connectivity index (χ1v) is 6.81. The van der Waals surface area contributed by atoms with E-state index in [0.29, 0.717) is 12.6 Å². The molecule has 1 aromatic heterocycles. The van der Waals surface area contributed by atoms with Crippen molar-refractivity contribution in [1.29, 1.82) is 0 Å². The van der Waals surface area contributed by atoms with Crippen LogP contribution >= 0.6 is 0 Å². The van der Waals surface area contributed by atoms with E-state index < -0.39 is 0 Å². The summed E-state index contributed by atoms with van der Waals surface area (Å²) in [5.74, 6) is 0. The highest BCUT2D eigenvalue weighted by atomic mass is 15.2. The Balaban J connectivity index is 2.13. The number of aromatic nitrogens is 1. The highest BCUT2D eigenvalue weighted by Crippen LogP contribution is 2.37. The number of fused-ring (bicyclic) bond motifs is 1. The molecule has 0 saturated carbocycles. The van der Waals surface area contributed by atoms with E-state index >= 15 is 0 Å². The Kier molecular flexibility index (Phi) is 3.22. The Morgan fingerprint density at radius 3 is 2.95 bits per heavy atom. The Morgan fingerprint density at radius 1 is 1.26 bits per heavy atom. The molecule has 3 heteroatoms. The summed E-state index contributed by atoms with van der Waals surface area (Å²) >= 11 is 0. The minimum atomic E-state index is 0.476. The van der Waals surface area contributed by atoms with Gasteiger partial charge in [0.15, 0.2) is 0 Å². The van der Waals surface area contributed by atoms with Gasteiger partial charge in [0.2, 0.25) is 0 Å². The Bertz CT molecular complexity index is 580. The first-order chi connectivity index (χ1) is 9.31. The van der Waals surface area contributed by atoms with Gasteiger partial charge in [-0.25, -0.2) is 0 Å². The third-order valence-corrected chi connectivity index (χ3v) is 3.89. The van der Waals surface area contributed by atoms with Crippen LogP contribution in [0.4, 0.5) is 11.4 Å². The predicted octanol–water partition coefficient (Wildman–Crippen LogP) is 3.01. The number of hydrogen-bond acceptors (Lipinski definition) is 3. The van der Waals surface area contributed by atoms with Gasteiger partial charge in [0.25, 0.3) is 0 Å². The lowest BCUT2D eigenvalue weighted by Gasteiger charge is -2.37.